The monoisotopic (exact) mass is 667 g/mol. The van der Waals surface area contributed by atoms with Gasteiger partial charge in [0.25, 0.3) is 0 Å². The summed E-state index contributed by atoms with van der Waals surface area (Å²) < 4.78 is 0. The van der Waals surface area contributed by atoms with Gasteiger partial charge in [-0.3, -0.25) is 4.79 Å². The van der Waals surface area contributed by atoms with Crippen LogP contribution in [0.5, 0.6) is 0 Å². The number of aliphatic hydroxyl groups is 2. The molecule has 3 N–H and O–H groups in total. The van der Waals surface area contributed by atoms with Gasteiger partial charge in [0.05, 0.1) is 12.2 Å². The summed E-state index contributed by atoms with van der Waals surface area (Å²) in [5.41, 5.74) is -0.110. The smallest absolute Gasteiger partial charge is 0.303 e. The van der Waals surface area contributed by atoms with Gasteiger partial charge in [-0.15, -0.1) is 0 Å². The number of carbonyl (C=O) groups is 1. The molecule has 0 aromatic rings. The number of aliphatic carboxylic acids is 1. The second-order valence-electron chi connectivity index (χ2n) is 14.0. The molecular formula is C44H74O4. The highest BCUT2D eigenvalue weighted by atomic mass is 16.4. The van der Waals surface area contributed by atoms with Crippen LogP contribution in [0.4, 0.5) is 0 Å². The van der Waals surface area contributed by atoms with Gasteiger partial charge in [-0.05, 0) is 68.6 Å². The average molecular weight is 667 g/mol. The van der Waals surface area contributed by atoms with Crippen molar-refractivity contribution in [1.29, 1.82) is 0 Å². The molecule has 0 radical (unpaired) electrons. The van der Waals surface area contributed by atoms with Gasteiger partial charge in [0.15, 0.2) is 0 Å². The topological polar surface area (TPSA) is 77.8 Å². The average Bonchev–Trinajstić information content (AvgIpc) is 3.05. The third kappa shape index (κ3) is 31.9. The van der Waals surface area contributed by atoms with Crippen molar-refractivity contribution < 1.29 is 20.1 Å². The molecule has 0 aliphatic carbocycles. The molecule has 0 heterocycles. The van der Waals surface area contributed by atoms with E-state index in [9.17, 15) is 15.0 Å². The van der Waals surface area contributed by atoms with Gasteiger partial charge in [-0.2, -0.15) is 0 Å². The molecule has 0 amide bonds. The maximum atomic E-state index is 10.3. The van der Waals surface area contributed by atoms with Crippen LogP contribution in [0, 0.1) is 10.8 Å². The van der Waals surface area contributed by atoms with E-state index in [1.165, 1.54) is 32.1 Å². The summed E-state index contributed by atoms with van der Waals surface area (Å²) in [5.74, 6) is -0.730. The molecule has 0 aromatic carbocycles. The first-order valence-corrected chi connectivity index (χ1v) is 18.8. The minimum Gasteiger partial charge on any atom is -0.481 e. The number of carboxylic acid groups (broad SMARTS) is 1. The van der Waals surface area contributed by atoms with E-state index in [-0.39, 0.29) is 23.4 Å². The largest absolute Gasteiger partial charge is 0.481 e. The van der Waals surface area contributed by atoms with Gasteiger partial charge < -0.3 is 15.3 Å². The van der Waals surface area contributed by atoms with Crippen molar-refractivity contribution in [3.05, 3.63) is 97.2 Å². The van der Waals surface area contributed by atoms with Crippen molar-refractivity contribution in [2.75, 3.05) is 0 Å². The molecule has 0 spiro atoms. The Morgan fingerprint density at radius 1 is 0.521 bits per heavy atom. The fraction of sp³-hybridized carbons (Fsp3) is 0.614. The lowest BCUT2D eigenvalue weighted by Crippen LogP contribution is -2.27. The first-order valence-electron chi connectivity index (χ1n) is 18.8. The first-order chi connectivity index (χ1) is 22.9. The third-order valence-electron chi connectivity index (χ3n) is 8.27. The summed E-state index contributed by atoms with van der Waals surface area (Å²) in [5, 5.41) is 29.0. The Balaban J connectivity index is 0. The van der Waals surface area contributed by atoms with Crippen LogP contribution in [0.25, 0.3) is 0 Å². The van der Waals surface area contributed by atoms with Crippen LogP contribution in [0.2, 0.25) is 0 Å². The van der Waals surface area contributed by atoms with Crippen LogP contribution in [-0.2, 0) is 4.79 Å². The first kappa shape index (κ1) is 47.4. The van der Waals surface area contributed by atoms with Crippen molar-refractivity contribution in [3.8, 4) is 0 Å². The molecule has 0 aliphatic heterocycles. The fourth-order valence-corrected chi connectivity index (χ4v) is 4.56. The van der Waals surface area contributed by atoms with E-state index in [2.05, 4.69) is 103 Å². The number of carboxylic acids is 1. The summed E-state index contributed by atoms with van der Waals surface area (Å²) >= 11 is 0. The van der Waals surface area contributed by atoms with Crippen LogP contribution >= 0.6 is 0 Å². The minimum atomic E-state index is -0.730. The maximum absolute atomic E-state index is 10.3. The van der Waals surface area contributed by atoms with Gasteiger partial charge in [-0.1, -0.05) is 184 Å². The zero-order valence-corrected chi connectivity index (χ0v) is 32.0. The molecule has 274 valence electrons. The van der Waals surface area contributed by atoms with E-state index in [1.54, 1.807) is 0 Å². The van der Waals surface area contributed by atoms with Gasteiger partial charge in [0, 0.05) is 6.42 Å². The SMILES string of the molecule is CCCC/C=C\C/C=C\C/C=C\C=C\C(O)C(C)(C)CCCC.CCCCC(C)(C)C(O)/C=C/C=C\C/C=C\C/C=C\CCCC(=O)O. The fourth-order valence-electron chi connectivity index (χ4n) is 4.56. The van der Waals surface area contributed by atoms with Gasteiger partial charge in [0.2, 0.25) is 0 Å². The Morgan fingerprint density at radius 2 is 0.875 bits per heavy atom. The number of aliphatic hydroxyl groups excluding tert-OH is 2. The lowest BCUT2D eigenvalue weighted by molar-refractivity contribution is -0.137. The second kappa shape index (κ2) is 32.8. The van der Waals surface area contributed by atoms with E-state index < -0.39 is 12.1 Å². The summed E-state index contributed by atoms with van der Waals surface area (Å²) in [7, 11) is 0. The van der Waals surface area contributed by atoms with Crippen molar-refractivity contribution in [2.24, 2.45) is 10.8 Å². The Kier molecular flexibility index (Phi) is 32.4. The minimum absolute atomic E-state index is 0.0373. The zero-order chi connectivity index (χ0) is 36.4. The Labute approximate surface area is 296 Å². The predicted molar refractivity (Wildman–Crippen MR) is 211 cm³/mol. The second-order valence-corrected chi connectivity index (χ2v) is 14.0. The quantitative estimate of drug-likeness (QED) is 0.0463. The van der Waals surface area contributed by atoms with Gasteiger partial charge in [-0.25, -0.2) is 0 Å². The Bertz CT molecular complexity index is 987. The molecule has 0 saturated heterocycles. The molecule has 4 nitrogen and oxygen atoms in total. The molecule has 0 saturated carbocycles. The summed E-state index contributed by atoms with van der Waals surface area (Å²) in [6, 6.07) is 0. The summed E-state index contributed by atoms with van der Waals surface area (Å²) in [6.45, 7) is 15.1. The standard InChI is InChI=1S/C22H36O3.C22H38O/c1-4-5-19-22(2,3)20(23)17-15-13-11-9-7-6-8-10-12-14-16-18-21(24)25;1-5-7-9-10-11-12-13-14-15-16-17-18-19-21(23)22(3,4)20-8-6-2/h6-7,10-13,15,17,20,23H,4-5,8-9,14,16,18-19H2,1-3H3,(H,24,25);10-11,13-14,16-19,21,23H,5-9,12,15,20H2,1-4H3/b7-6-,12-10-,13-11-,17-15+;11-10-,14-13-,17-16-,19-18+. The van der Waals surface area contributed by atoms with Crippen LogP contribution in [-0.4, -0.2) is 33.5 Å². The van der Waals surface area contributed by atoms with Crippen LogP contribution in [0.15, 0.2) is 97.2 Å². The van der Waals surface area contributed by atoms with E-state index >= 15 is 0 Å². The van der Waals surface area contributed by atoms with Crippen LogP contribution in [0.1, 0.15) is 151 Å². The highest BCUT2D eigenvalue weighted by Crippen LogP contribution is 2.29. The predicted octanol–water partition coefficient (Wildman–Crippen LogP) is 12.6. The normalized spacial score (nSPS) is 14.6. The molecule has 0 bridgehead atoms. The Hall–Kier alpha value is -2.69. The summed E-state index contributed by atoms with van der Waals surface area (Å²) in [6.07, 6.45) is 48.3. The van der Waals surface area contributed by atoms with E-state index in [1.807, 2.05) is 42.5 Å². The molecule has 2 atom stereocenters. The van der Waals surface area contributed by atoms with Crippen molar-refractivity contribution in [2.45, 2.75) is 163 Å². The molecule has 2 unspecified atom stereocenters. The number of hydrogen-bond acceptors (Lipinski definition) is 3. The highest BCUT2D eigenvalue weighted by molar-refractivity contribution is 5.66. The third-order valence-corrected chi connectivity index (χ3v) is 8.27. The number of rotatable bonds is 27. The van der Waals surface area contributed by atoms with E-state index in [4.69, 9.17) is 5.11 Å². The lowest BCUT2D eigenvalue weighted by Gasteiger charge is -2.28. The van der Waals surface area contributed by atoms with Gasteiger partial charge in [0.1, 0.15) is 0 Å². The number of hydrogen-bond donors (Lipinski definition) is 3. The van der Waals surface area contributed by atoms with E-state index in [0.717, 1.165) is 57.8 Å². The molecular weight excluding hydrogens is 592 g/mol. The number of unbranched alkanes of at least 4 members (excludes halogenated alkanes) is 5. The molecule has 0 fully saturated rings. The molecule has 0 aromatic heterocycles. The molecule has 0 rings (SSSR count). The summed E-state index contributed by atoms with van der Waals surface area (Å²) in [4.78, 5) is 10.3. The Morgan fingerprint density at radius 3 is 1.25 bits per heavy atom. The maximum Gasteiger partial charge on any atom is 0.303 e. The van der Waals surface area contributed by atoms with Crippen molar-refractivity contribution in [1.82, 2.24) is 0 Å². The van der Waals surface area contributed by atoms with Crippen LogP contribution < -0.4 is 0 Å². The number of allylic oxidation sites excluding steroid dienone is 14. The van der Waals surface area contributed by atoms with Crippen molar-refractivity contribution >= 4 is 5.97 Å². The molecule has 0 aliphatic rings. The van der Waals surface area contributed by atoms with Crippen LogP contribution in [0.3, 0.4) is 0 Å². The van der Waals surface area contributed by atoms with E-state index in [0.29, 0.717) is 6.42 Å². The molecule has 4 heteroatoms. The van der Waals surface area contributed by atoms with Gasteiger partial charge >= 0.3 is 5.97 Å². The highest BCUT2D eigenvalue weighted by Gasteiger charge is 2.25. The van der Waals surface area contributed by atoms with Crippen molar-refractivity contribution in [3.63, 3.8) is 0 Å². The molecule has 48 heavy (non-hydrogen) atoms. The zero-order valence-electron chi connectivity index (χ0n) is 32.0. The lowest BCUT2D eigenvalue weighted by atomic mass is 9.81.